The van der Waals surface area contributed by atoms with Gasteiger partial charge < -0.3 is 14.5 Å². The molecule has 1 N–H and O–H groups in total. The van der Waals surface area contributed by atoms with Crippen LogP contribution in [0.25, 0.3) is 0 Å². The number of rotatable bonds is 3. The summed E-state index contributed by atoms with van der Waals surface area (Å²) in [6.45, 7) is 2.94. The van der Waals surface area contributed by atoms with E-state index in [-0.39, 0.29) is 11.8 Å². The number of likely N-dealkylation sites (tertiary alicyclic amines) is 1. The summed E-state index contributed by atoms with van der Waals surface area (Å²) in [5, 5.41) is 18.3. The topological polar surface area (TPSA) is 97.3 Å². The van der Waals surface area contributed by atoms with Crippen molar-refractivity contribution in [2.75, 3.05) is 13.1 Å². The van der Waals surface area contributed by atoms with E-state index < -0.39 is 6.10 Å². The molecule has 0 saturated carbocycles. The normalized spacial score (nSPS) is 17.7. The van der Waals surface area contributed by atoms with Crippen molar-refractivity contribution in [2.24, 2.45) is 7.05 Å². The van der Waals surface area contributed by atoms with Crippen molar-refractivity contribution in [1.29, 1.82) is 0 Å². The molecule has 3 rings (SSSR count). The van der Waals surface area contributed by atoms with Gasteiger partial charge in [0.2, 0.25) is 6.39 Å². The Hall–Kier alpha value is -2.22. The highest BCUT2D eigenvalue weighted by atomic mass is 16.5. The molecule has 2 aromatic rings. The molecule has 1 aliphatic heterocycles. The van der Waals surface area contributed by atoms with E-state index in [2.05, 4.69) is 15.2 Å². The molecule has 8 heteroatoms. The highest BCUT2D eigenvalue weighted by molar-refractivity contribution is 5.82. The number of aryl methyl sites for hydroxylation is 2. The molecular weight excluding hydrogens is 286 g/mol. The summed E-state index contributed by atoms with van der Waals surface area (Å²) in [7, 11) is 1.77. The highest BCUT2D eigenvalue weighted by Crippen LogP contribution is 2.27. The van der Waals surface area contributed by atoms with Crippen molar-refractivity contribution >= 4 is 5.91 Å². The first-order valence-corrected chi connectivity index (χ1v) is 7.29. The summed E-state index contributed by atoms with van der Waals surface area (Å²) < 4.78 is 6.36. The molecule has 0 radical (unpaired) electrons. The summed E-state index contributed by atoms with van der Waals surface area (Å²) >= 11 is 0. The van der Waals surface area contributed by atoms with Gasteiger partial charge in [-0.3, -0.25) is 9.48 Å². The zero-order chi connectivity index (χ0) is 15.7. The van der Waals surface area contributed by atoms with Crippen molar-refractivity contribution in [1.82, 2.24) is 24.8 Å². The van der Waals surface area contributed by atoms with Gasteiger partial charge in [-0.2, -0.15) is 10.1 Å². The molecule has 3 heterocycles. The SMILES string of the molecule is Cc1nn(C)cc1C(O)C(=O)N1CCC(c2ncon2)CC1. The minimum atomic E-state index is -1.16. The van der Waals surface area contributed by atoms with E-state index >= 15 is 0 Å². The van der Waals surface area contributed by atoms with Gasteiger partial charge in [-0.05, 0) is 19.8 Å². The number of piperidine rings is 1. The van der Waals surface area contributed by atoms with Gasteiger partial charge in [0.25, 0.3) is 5.91 Å². The minimum Gasteiger partial charge on any atom is -0.378 e. The summed E-state index contributed by atoms with van der Waals surface area (Å²) in [6.07, 6.45) is 3.38. The van der Waals surface area contributed by atoms with Gasteiger partial charge in [-0.15, -0.1) is 0 Å². The van der Waals surface area contributed by atoms with Crippen molar-refractivity contribution in [2.45, 2.75) is 31.8 Å². The summed E-state index contributed by atoms with van der Waals surface area (Å²) in [6, 6.07) is 0. The average molecular weight is 305 g/mol. The van der Waals surface area contributed by atoms with Gasteiger partial charge >= 0.3 is 0 Å². The Balaban J connectivity index is 1.63. The fourth-order valence-electron chi connectivity index (χ4n) is 2.91. The van der Waals surface area contributed by atoms with Gasteiger partial charge in [-0.25, -0.2) is 0 Å². The molecule has 1 saturated heterocycles. The van der Waals surface area contributed by atoms with Crippen molar-refractivity contribution in [3.63, 3.8) is 0 Å². The Morgan fingerprint density at radius 2 is 2.18 bits per heavy atom. The Bertz CT molecular complexity index is 643. The van der Waals surface area contributed by atoms with E-state index in [1.54, 1.807) is 29.7 Å². The predicted octanol–water partition coefficient (Wildman–Crippen LogP) is 0.551. The van der Waals surface area contributed by atoms with Gasteiger partial charge in [-0.1, -0.05) is 5.16 Å². The third-order valence-corrected chi connectivity index (χ3v) is 4.13. The van der Waals surface area contributed by atoms with Crippen LogP contribution in [0.2, 0.25) is 0 Å². The van der Waals surface area contributed by atoms with Crippen LogP contribution in [-0.2, 0) is 11.8 Å². The lowest BCUT2D eigenvalue weighted by molar-refractivity contribution is -0.141. The lowest BCUT2D eigenvalue weighted by Crippen LogP contribution is -2.40. The van der Waals surface area contributed by atoms with Crippen molar-refractivity contribution < 1.29 is 14.4 Å². The van der Waals surface area contributed by atoms with Gasteiger partial charge in [0.15, 0.2) is 11.9 Å². The molecule has 1 unspecified atom stereocenters. The van der Waals surface area contributed by atoms with Crippen LogP contribution >= 0.6 is 0 Å². The summed E-state index contributed by atoms with van der Waals surface area (Å²) in [4.78, 5) is 18.2. The van der Waals surface area contributed by atoms with Crippen LogP contribution in [0.4, 0.5) is 0 Å². The van der Waals surface area contributed by atoms with E-state index in [4.69, 9.17) is 4.52 Å². The predicted molar refractivity (Wildman–Crippen MR) is 75.8 cm³/mol. The van der Waals surface area contributed by atoms with Crippen molar-refractivity contribution in [3.05, 3.63) is 29.7 Å². The molecule has 2 aromatic heterocycles. The molecule has 8 nitrogen and oxygen atoms in total. The fraction of sp³-hybridized carbons (Fsp3) is 0.571. The molecule has 0 bridgehead atoms. The number of aliphatic hydroxyl groups is 1. The first kappa shape index (κ1) is 14.7. The van der Waals surface area contributed by atoms with Crippen LogP contribution < -0.4 is 0 Å². The van der Waals surface area contributed by atoms with E-state index in [1.165, 1.54) is 6.39 Å². The summed E-state index contributed by atoms with van der Waals surface area (Å²) in [5.41, 5.74) is 1.23. The van der Waals surface area contributed by atoms with Gasteiger partial charge in [0.1, 0.15) is 0 Å². The zero-order valence-electron chi connectivity index (χ0n) is 12.6. The average Bonchev–Trinajstić information content (AvgIpc) is 3.15. The van der Waals surface area contributed by atoms with Gasteiger partial charge in [0, 0.05) is 37.8 Å². The zero-order valence-corrected chi connectivity index (χ0v) is 12.6. The maximum Gasteiger partial charge on any atom is 0.256 e. The number of aromatic nitrogens is 4. The Morgan fingerprint density at radius 1 is 1.45 bits per heavy atom. The number of aliphatic hydroxyl groups excluding tert-OH is 1. The smallest absolute Gasteiger partial charge is 0.256 e. The molecular formula is C14H19N5O3. The minimum absolute atomic E-state index is 0.208. The molecule has 22 heavy (non-hydrogen) atoms. The number of amides is 1. The number of nitrogens with zero attached hydrogens (tertiary/aromatic N) is 5. The molecule has 1 aliphatic rings. The molecule has 1 atom stereocenters. The third kappa shape index (κ3) is 2.74. The maximum absolute atomic E-state index is 12.4. The second-order valence-electron chi connectivity index (χ2n) is 5.64. The number of hydrogen-bond donors (Lipinski definition) is 1. The van der Waals surface area contributed by atoms with Crippen LogP contribution in [0.5, 0.6) is 0 Å². The monoisotopic (exact) mass is 305 g/mol. The molecule has 1 fully saturated rings. The second kappa shape index (κ2) is 5.88. The highest BCUT2D eigenvalue weighted by Gasteiger charge is 2.31. The first-order chi connectivity index (χ1) is 10.6. The van der Waals surface area contributed by atoms with Crippen LogP contribution in [0, 0.1) is 6.92 Å². The molecule has 118 valence electrons. The van der Waals surface area contributed by atoms with E-state index in [9.17, 15) is 9.90 Å². The van der Waals surface area contributed by atoms with Crippen LogP contribution in [0.1, 0.15) is 41.9 Å². The van der Waals surface area contributed by atoms with Crippen LogP contribution in [-0.4, -0.2) is 48.9 Å². The quantitative estimate of drug-likeness (QED) is 0.889. The number of hydrogen-bond acceptors (Lipinski definition) is 6. The second-order valence-corrected chi connectivity index (χ2v) is 5.64. The Labute approximate surface area is 127 Å². The fourth-order valence-corrected chi connectivity index (χ4v) is 2.91. The van der Waals surface area contributed by atoms with E-state index in [0.717, 1.165) is 12.8 Å². The molecule has 1 amide bonds. The largest absolute Gasteiger partial charge is 0.378 e. The Kier molecular flexibility index (Phi) is 3.93. The van der Waals surface area contributed by atoms with Crippen LogP contribution in [0.15, 0.2) is 17.1 Å². The molecule has 0 aromatic carbocycles. The first-order valence-electron chi connectivity index (χ1n) is 7.29. The van der Waals surface area contributed by atoms with E-state index in [0.29, 0.717) is 30.2 Å². The maximum atomic E-state index is 12.4. The third-order valence-electron chi connectivity index (χ3n) is 4.13. The van der Waals surface area contributed by atoms with Gasteiger partial charge in [0.05, 0.1) is 5.69 Å². The lowest BCUT2D eigenvalue weighted by atomic mass is 9.95. The molecule has 0 aliphatic carbocycles. The van der Waals surface area contributed by atoms with Crippen molar-refractivity contribution in [3.8, 4) is 0 Å². The lowest BCUT2D eigenvalue weighted by Gasteiger charge is -2.32. The van der Waals surface area contributed by atoms with Crippen LogP contribution in [0.3, 0.4) is 0 Å². The Morgan fingerprint density at radius 3 is 2.73 bits per heavy atom. The van der Waals surface area contributed by atoms with E-state index in [1.807, 2.05) is 0 Å². The molecule has 0 spiro atoms. The number of carbonyl (C=O) groups is 1. The standard InChI is InChI=1S/C14H19N5O3/c1-9-11(7-18(2)16-9)12(20)14(21)19-5-3-10(4-6-19)13-15-8-22-17-13/h7-8,10,12,20H,3-6H2,1-2H3. The summed E-state index contributed by atoms with van der Waals surface area (Å²) in [5.74, 6) is 0.624. The number of carbonyl (C=O) groups excluding carboxylic acids is 1.